The summed E-state index contributed by atoms with van der Waals surface area (Å²) >= 11 is 6.16. The molecule has 1 saturated carbocycles. The zero-order valence-corrected chi connectivity index (χ0v) is 23.9. The molecule has 1 aliphatic carbocycles. The van der Waals surface area contributed by atoms with Crippen molar-refractivity contribution in [2.24, 2.45) is 0 Å². The van der Waals surface area contributed by atoms with Crippen molar-refractivity contribution in [3.05, 3.63) is 81.2 Å². The highest BCUT2D eigenvalue weighted by Gasteiger charge is 2.32. The molecule has 208 valence electrons. The second-order valence-corrected chi connectivity index (χ2v) is 12.7. The number of hydrogen-bond acceptors (Lipinski definition) is 6. The monoisotopic (exact) mass is 571 g/mol. The van der Waals surface area contributed by atoms with Gasteiger partial charge in [-0.25, -0.2) is 0 Å². The number of aromatic nitrogens is 2. The zero-order valence-electron chi connectivity index (χ0n) is 22.3. The summed E-state index contributed by atoms with van der Waals surface area (Å²) in [5.41, 5.74) is 2.87. The Labute approximate surface area is 234 Å². The number of halogens is 1. The summed E-state index contributed by atoms with van der Waals surface area (Å²) in [5, 5.41) is 4.94. The Balaban J connectivity index is 1.35. The van der Waals surface area contributed by atoms with Gasteiger partial charge in [0.1, 0.15) is 5.69 Å². The van der Waals surface area contributed by atoms with Gasteiger partial charge in [-0.3, -0.25) is 4.79 Å². The summed E-state index contributed by atoms with van der Waals surface area (Å²) < 4.78 is 37.1. The predicted molar refractivity (Wildman–Crippen MR) is 153 cm³/mol. The number of nitrogens with zero attached hydrogens (tertiary/aromatic N) is 5. The molecule has 5 rings (SSSR count). The molecule has 0 atom stereocenters. The predicted octanol–water partition coefficient (Wildman–Crippen LogP) is 4.01. The van der Waals surface area contributed by atoms with Crippen LogP contribution in [0.5, 0.6) is 5.75 Å². The van der Waals surface area contributed by atoms with Crippen LogP contribution < -0.4 is 15.2 Å². The Bertz CT molecular complexity index is 1460. The molecule has 1 aromatic heterocycles. The molecule has 2 aliphatic rings. The highest BCUT2D eigenvalue weighted by atomic mass is 35.5. The van der Waals surface area contributed by atoms with Crippen molar-refractivity contribution in [2.45, 2.75) is 45.3 Å². The Morgan fingerprint density at radius 2 is 1.74 bits per heavy atom. The maximum Gasteiger partial charge on any atom is 0.316 e. The van der Waals surface area contributed by atoms with E-state index in [4.69, 9.17) is 16.3 Å². The molecule has 0 amide bonds. The largest absolute Gasteiger partial charge is 0.483 e. The first-order valence-electron chi connectivity index (χ1n) is 13.3. The molecule has 0 unspecified atom stereocenters. The molecule has 2 aromatic carbocycles. The van der Waals surface area contributed by atoms with Gasteiger partial charge in [0.05, 0.1) is 18.0 Å². The van der Waals surface area contributed by atoms with E-state index in [9.17, 15) is 13.2 Å². The van der Waals surface area contributed by atoms with Crippen LogP contribution in [0.25, 0.3) is 5.69 Å². The van der Waals surface area contributed by atoms with Gasteiger partial charge < -0.3 is 9.64 Å². The maximum atomic E-state index is 13.6. The molecule has 0 N–H and O–H groups in total. The molecule has 0 spiro atoms. The SMILES string of the molecule is Cc1ccc(CN(C)S(=O)(=O)N2CCN(c3cnn(-c4cccc(Cl)c4)c(=O)c3OC3CCCC3)CC2)cc1. The van der Waals surface area contributed by atoms with Gasteiger partial charge >= 0.3 is 5.56 Å². The van der Waals surface area contributed by atoms with Crippen LogP contribution in [0.3, 0.4) is 0 Å². The molecule has 0 bridgehead atoms. The van der Waals surface area contributed by atoms with Crippen LogP contribution in [0.2, 0.25) is 5.02 Å². The van der Waals surface area contributed by atoms with Crippen molar-refractivity contribution in [3.8, 4) is 11.4 Å². The summed E-state index contributed by atoms with van der Waals surface area (Å²) in [5.74, 6) is 0.254. The van der Waals surface area contributed by atoms with E-state index in [2.05, 4.69) is 5.10 Å². The fourth-order valence-corrected chi connectivity index (χ4v) is 6.63. The smallest absolute Gasteiger partial charge is 0.316 e. The lowest BCUT2D eigenvalue weighted by Crippen LogP contribution is -2.52. The fourth-order valence-electron chi connectivity index (χ4n) is 5.12. The minimum atomic E-state index is -3.64. The van der Waals surface area contributed by atoms with Gasteiger partial charge in [-0.2, -0.15) is 26.8 Å². The van der Waals surface area contributed by atoms with E-state index in [1.54, 1.807) is 37.5 Å². The van der Waals surface area contributed by atoms with Crippen molar-refractivity contribution in [1.82, 2.24) is 18.4 Å². The van der Waals surface area contributed by atoms with E-state index >= 15 is 0 Å². The number of hydrogen-bond donors (Lipinski definition) is 0. The van der Waals surface area contributed by atoms with Gasteiger partial charge in [0.25, 0.3) is 10.2 Å². The van der Waals surface area contributed by atoms with E-state index in [1.807, 2.05) is 36.1 Å². The van der Waals surface area contributed by atoms with Gasteiger partial charge in [-0.1, -0.05) is 47.5 Å². The zero-order chi connectivity index (χ0) is 27.6. The van der Waals surface area contributed by atoms with Gasteiger partial charge in [0, 0.05) is 44.8 Å². The van der Waals surface area contributed by atoms with Gasteiger partial charge in [0.15, 0.2) is 0 Å². The molecular weight excluding hydrogens is 538 g/mol. The summed E-state index contributed by atoms with van der Waals surface area (Å²) in [7, 11) is -2.04. The second-order valence-electron chi connectivity index (χ2n) is 10.2. The first-order chi connectivity index (χ1) is 18.7. The lowest BCUT2D eigenvalue weighted by Gasteiger charge is -2.37. The van der Waals surface area contributed by atoms with E-state index < -0.39 is 10.2 Å². The number of ether oxygens (including phenoxy) is 1. The van der Waals surface area contributed by atoms with Crippen molar-refractivity contribution < 1.29 is 13.2 Å². The van der Waals surface area contributed by atoms with Gasteiger partial charge in [-0.15, -0.1) is 0 Å². The van der Waals surface area contributed by atoms with Crippen molar-refractivity contribution >= 4 is 27.5 Å². The fraction of sp³-hybridized carbons (Fsp3) is 0.429. The standard InChI is InChI=1S/C28H34ClN5O4S/c1-21-10-12-22(13-11-21)20-31(2)39(36,37)33-16-14-32(15-17-33)26-19-30-34(24-7-5-6-23(29)18-24)28(35)27(26)38-25-8-3-4-9-25/h5-7,10-13,18-19,25H,3-4,8-9,14-17,20H2,1-2H3. The highest BCUT2D eigenvalue weighted by molar-refractivity contribution is 7.86. The van der Waals surface area contributed by atoms with E-state index in [1.165, 1.54) is 13.3 Å². The lowest BCUT2D eigenvalue weighted by atomic mass is 10.1. The summed E-state index contributed by atoms with van der Waals surface area (Å²) in [4.78, 5) is 15.6. The molecule has 1 saturated heterocycles. The lowest BCUT2D eigenvalue weighted by molar-refractivity contribution is 0.205. The summed E-state index contributed by atoms with van der Waals surface area (Å²) in [6.07, 6.45) is 5.56. The van der Waals surface area contributed by atoms with E-state index in [-0.39, 0.29) is 17.4 Å². The molecule has 11 heteroatoms. The third kappa shape index (κ3) is 6.14. The van der Waals surface area contributed by atoms with Crippen LogP contribution in [-0.2, 0) is 16.8 Å². The average molecular weight is 572 g/mol. The van der Waals surface area contributed by atoms with Crippen LogP contribution in [0, 0.1) is 6.92 Å². The van der Waals surface area contributed by atoms with Gasteiger partial charge in [-0.05, 0) is 56.4 Å². The molecule has 39 heavy (non-hydrogen) atoms. The van der Waals surface area contributed by atoms with E-state index in [0.29, 0.717) is 49.1 Å². The Hall–Kier alpha value is -2.92. The van der Waals surface area contributed by atoms with Crippen molar-refractivity contribution in [1.29, 1.82) is 0 Å². The third-order valence-electron chi connectivity index (χ3n) is 7.38. The average Bonchev–Trinajstić information content (AvgIpc) is 3.44. The normalized spacial score (nSPS) is 17.2. The summed E-state index contributed by atoms with van der Waals surface area (Å²) in [6.45, 7) is 3.72. The number of rotatable bonds is 8. The number of anilines is 1. The van der Waals surface area contributed by atoms with Crippen LogP contribution in [0.1, 0.15) is 36.8 Å². The molecule has 2 fully saturated rings. The molecule has 2 heterocycles. The molecule has 1 aliphatic heterocycles. The highest BCUT2D eigenvalue weighted by Crippen LogP contribution is 2.30. The molecule has 9 nitrogen and oxygen atoms in total. The number of piperazine rings is 1. The Morgan fingerprint density at radius 1 is 1.05 bits per heavy atom. The van der Waals surface area contributed by atoms with Crippen LogP contribution in [0.4, 0.5) is 5.69 Å². The first kappa shape index (κ1) is 27.6. The first-order valence-corrected chi connectivity index (χ1v) is 15.1. The molecule has 3 aromatic rings. The molecule has 0 radical (unpaired) electrons. The van der Waals surface area contributed by atoms with Crippen molar-refractivity contribution in [2.75, 3.05) is 38.1 Å². The number of aryl methyl sites for hydroxylation is 1. The Kier molecular flexibility index (Phi) is 8.27. The van der Waals surface area contributed by atoms with E-state index in [0.717, 1.165) is 36.8 Å². The minimum absolute atomic E-state index is 0.0243. The van der Waals surface area contributed by atoms with Crippen LogP contribution in [-0.4, -0.2) is 66.1 Å². The van der Waals surface area contributed by atoms with Crippen LogP contribution in [0.15, 0.2) is 59.5 Å². The molecular formula is C28H34ClN5O4S. The quantitative estimate of drug-likeness (QED) is 0.406. The topological polar surface area (TPSA) is 88.0 Å². The second kappa shape index (κ2) is 11.7. The third-order valence-corrected chi connectivity index (χ3v) is 9.55. The number of benzene rings is 2. The van der Waals surface area contributed by atoms with Crippen LogP contribution >= 0.6 is 11.6 Å². The summed E-state index contributed by atoms with van der Waals surface area (Å²) in [6, 6.07) is 14.8. The maximum absolute atomic E-state index is 13.6. The van der Waals surface area contributed by atoms with Crippen molar-refractivity contribution in [3.63, 3.8) is 0 Å². The van der Waals surface area contributed by atoms with Gasteiger partial charge in [0.2, 0.25) is 5.75 Å². The minimum Gasteiger partial charge on any atom is -0.483 e. The Morgan fingerprint density at radius 3 is 2.41 bits per heavy atom.